The molecule has 0 aromatic heterocycles. The number of benzene rings is 2. The van der Waals surface area contributed by atoms with Gasteiger partial charge in [-0.1, -0.05) is 12.1 Å². The van der Waals surface area contributed by atoms with E-state index in [4.69, 9.17) is 14.2 Å². The number of nitro groups is 1. The van der Waals surface area contributed by atoms with Crippen molar-refractivity contribution in [1.82, 2.24) is 4.90 Å². The molecule has 0 fully saturated rings. The second-order valence-corrected chi connectivity index (χ2v) is 9.22. The molecule has 13 heteroatoms. The van der Waals surface area contributed by atoms with E-state index < -0.39 is 40.7 Å². The van der Waals surface area contributed by atoms with Crippen LogP contribution in [-0.4, -0.2) is 71.9 Å². The van der Waals surface area contributed by atoms with Crippen molar-refractivity contribution in [3.05, 3.63) is 63.2 Å². The molecule has 3 amide bonds. The standard InChI is InChI=1S/C27H27N3O10/c1-16(31)38-14-18(15-39-17(2)32)40-23-10-9-22(30(36)37)25-21(23)11-13-28(25)24(33)8-5-12-29-26(34)19-6-3-4-7-20(19)27(29)35/h3-4,6-7,9-10,18H,5,8,11-15H2,1-2H3. The van der Waals surface area contributed by atoms with Crippen LogP contribution in [0.1, 0.15) is 53.0 Å². The van der Waals surface area contributed by atoms with Crippen LogP contribution >= 0.6 is 0 Å². The highest BCUT2D eigenvalue weighted by Gasteiger charge is 2.37. The topological polar surface area (TPSA) is 163 Å². The van der Waals surface area contributed by atoms with E-state index in [-0.39, 0.29) is 62.7 Å². The molecule has 4 rings (SSSR count). The average molecular weight is 554 g/mol. The van der Waals surface area contributed by atoms with Crippen molar-refractivity contribution in [2.24, 2.45) is 0 Å². The summed E-state index contributed by atoms with van der Waals surface area (Å²) in [5, 5.41) is 11.8. The Morgan fingerprint density at radius 3 is 2.12 bits per heavy atom. The van der Waals surface area contributed by atoms with Gasteiger partial charge in [0.1, 0.15) is 24.7 Å². The summed E-state index contributed by atoms with van der Waals surface area (Å²) < 4.78 is 15.9. The maximum atomic E-state index is 13.2. The SMILES string of the molecule is CC(=O)OCC(COC(C)=O)Oc1ccc([N+](=O)[O-])c2c1CCN2C(=O)CCCN1C(=O)c2ccccc2C1=O. The predicted molar refractivity (Wildman–Crippen MR) is 138 cm³/mol. The van der Waals surface area contributed by atoms with Crippen LogP contribution in [0.2, 0.25) is 0 Å². The number of nitro benzene ring substituents is 1. The first kappa shape index (κ1) is 28.2. The summed E-state index contributed by atoms with van der Waals surface area (Å²) >= 11 is 0. The first-order valence-electron chi connectivity index (χ1n) is 12.6. The molecule has 0 spiro atoms. The molecule has 40 heavy (non-hydrogen) atoms. The predicted octanol–water partition coefficient (Wildman–Crippen LogP) is 2.43. The van der Waals surface area contributed by atoms with Crippen LogP contribution in [0.25, 0.3) is 0 Å². The summed E-state index contributed by atoms with van der Waals surface area (Å²) in [5.74, 6) is -2.16. The van der Waals surface area contributed by atoms with Crippen LogP contribution in [0, 0.1) is 10.1 Å². The van der Waals surface area contributed by atoms with E-state index in [0.29, 0.717) is 16.7 Å². The second-order valence-electron chi connectivity index (χ2n) is 9.22. The Kier molecular flexibility index (Phi) is 8.41. The van der Waals surface area contributed by atoms with E-state index >= 15 is 0 Å². The highest BCUT2D eigenvalue weighted by molar-refractivity contribution is 6.21. The number of carbonyl (C=O) groups is 5. The quantitative estimate of drug-likeness (QED) is 0.175. The zero-order valence-corrected chi connectivity index (χ0v) is 21.9. The highest BCUT2D eigenvalue weighted by atomic mass is 16.6. The van der Waals surface area contributed by atoms with Gasteiger partial charge in [0, 0.05) is 45.0 Å². The van der Waals surface area contributed by atoms with Crippen molar-refractivity contribution >= 4 is 41.0 Å². The largest absolute Gasteiger partial charge is 0.483 e. The van der Waals surface area contributed by atoms with Crippen molar-refractivity contribution in [3.63, 3.8) is 0 Å². The third kappa shape index (κ3) is 5.92. The lowest BCUT2D eigenvalue weighted by Crippen LogP contribution is -2.33. The van der Waals surface area contributed by atoms with Crippen molar-refractivity contribution in [2.75, 3.05) is 31.2 Å². The Morgan fingerprint density at radius 1 is 0.975 bits per heavy atom. The fourth-order valence-corrected chi connectivity index (χ4v) is 4.67. The number of amides is 3. The minimum absolute atomic E-state index is 0.0258. The fraction of sp³-hybridized carbons (Fsp3) is 0.370. The van der Waals surface area contributed by atoms with Gasteiger partial charge in [-0.15, -0.1) is 0 Å². The molecule has 2 aliphatic rings. The first-order chi connectivity index (χ1) is 19.1. The van der Waals surface area contributed by atoms with Crippen molar-refractivity contribution in [1.29, 1.82) is 0 Å². The monoisotopic (exact) mass is 553 g/mol. The van der Waals surface area contributed by atoms with Crippen molar-refractivity contribution < 1.29 is 43.1 Å². The van der Waals surface area contributed by atoms with Crippen LogP contribution < -0.4 is 9.64 Å². The summed E-state index contributed by atoms with van der Waals surface area (Å²) in [4.78, 5) is 74.5. The number of fused-ring (bicyclic) bond motifs is 2. The summed E-state index contributed by atoms with van der Waals surface area (Å²) in [6, 6.07) is 9.09. The lowest BCUT2D eigenvalue weighted by Gasteiger charge is -2.21. The minimum Gasteiger partial charge on any atom is -0.483 e. The maximum absolute atomic E-state index is 13.2. The first-order valence-corrected chi connectivity index (χ1v) is 12.6. The summed E-state index contributed by atoms with van der Waals surface area (Å²) in [6.45, 7) is 2.15. The van der Waals surface area contributed by atoms with Gasteiger partial charge in [-0.3, -0.25) is 39.0 Å². The minimum atomic E-state index is -0.886. The number of carbonyl (C=O) groups excluding carboxylic acids is 5. The molecule has 2 heterocycles. The van der Waals surface area contributed by atoms with Gasteiger partial charge in [-0.05, 0) is 31.0 Å². The fourth-order valence-electron chi connectivity index (χ4n) is 4.67. The summed E-state index contributed by atoms with van der Waals surface area (Å²) in [6.07, 6.45) is -0.517. The number of ether oxygens (including phenoxy) is 3. The molecule has 2 aromatic rings. The normalized spacial score (nSPS) is 13.8. The van der Waals surface area contributed by atoms with Crippen LogP contribution in [0.5, 0.6) is 5.75 Å². The zero-order valence-electron chi connectivity index (χ0n) is 21.9. The molecule has 0 atom stereocenters. The van der Waals surface area contributed by atoms with E-state index in [9.17, 15) is 34.1 Å². The van der Waals surface area contributed by atoms with E-state index in [1.165, 1.54) is 30.9 Å². The second kappa shape index (κ2) is 11.9. The molecule has 210 valence electrons. The Labute approximate surface area is 228 Å². The van der Waals surface area contributed by atoms with Gasteiger partial charge in [0.05, 0.1) is 16.1 Å². The maximum Gasteiger partial charge on any atom is 0.302 e. The Bertz CT molecular complexity index is 1340. The molecular weight excluding hydrogens is 526 g/mol. The third-order valence-electron chi connectivity index (χ3n) is 6.46. The molecule has 0 aliphatic carbocycles. The number of esters is 2. The zero-order chi connectivity index (χ0) is 29.0. The number of hydrogen-bond donors (Lipinski definition) is 0. The molecule has 0 bridgehead atoms. The van der Waals surface area contributed by atoms with Gasteiger partial charge in [-0.25, -0.2) is 0 Å². The van der Waals surface area contributed by atoms with Gasteiger partial charge in [0.25, 0.3) is 17.5 Å². The molecule has 0 radical (unpaired) electrons. The van der Waals surface area contributed by atoms with Gasteiger partial charge in [-0.2, -0.15) is 0 Å². The number of rotatable bonds is 11. The number of imide groups is 1. The lowest BCUT2D eigenvalue weighted by molar-refractivity contribution is -0.384. The van der Waals surface area contributed by atoms with Crippen LogP contribution in [0.4, 0.5) is 11.4 Å². The van der Waals surface area contributed by atoms with E-state index in [0.717, 1.165) is 4.90 Å². The third-order valence-corrected chi connectivity index (χ3v) is 6.46. The molecule has 2 aromatic carbocycles. The number of nitrogens with zero attached hydrogens (tertiary/aromatic N) is 3. The van der Waals surface area contributed by atoms with E-state index in [2.05, 4.69) is 0 Å². The Balaban J connectivity index is 1.48. The van der Waals surface area contributed by atoms with Crippen molar-refractivity contribution in [3.8, 4) is 5.75 Å². The van der Waals surface area contributed by atoms with Gasteiger partial charge in [0.15, 0.2) is 6.10 Å². The van der Waals surface area contributed by atoms with E-state index in [1.54, 1.807) is 24.3 Å². The van der Waals surface area contributed by atoms with Crippen molar-refractivity contribution in [2.45, 2.75) is 39.2 Å². The number of anilines is 1. The lowest BCUT2D eigenvalue weighted by atomic mass is 10.1. The van der Waals surface area contributed by atoms with Gasteiger partial charge in [0.2, 0.25) is 5.91 Å². The molecule has 2 aliphatic heterocycles. The molecule has 0 N–H and O–H groups in total. The Hall–Kier alpha value is -4.81. The molecule has 0 saturated heterocycles. The highest BCUT2D eigenvalue weighted by Crippen LogP contribution is 2.43. The molecule has 0 unspecified atom stereocenters. The summed E-state index contributed by atoms with van der Waals surface area (Å²) in [5.41, 5.74) is 0.850. The number of hydrogen-bond acceptors (Lipinski definition) is 10. The van der Waals surface area contributed by atoms with E-state index in [1.807, 2.05) is 0 Å². The summed E-state index contributed by atoms with van der Waals surface area (Å²) in [7, 11) is 0. The van der Waals surface area contributed by atoms with Crippen LogP contribution in [0.3, 0.4) is 0 Å². The van der Waals surface area contributed by atoms with Gasteiger partial charge >= 0.3 is 11.9 Å². The molecule has 0 saturated carbocycles. The smallest absolute Gasteiger partial charge is 0.302 e. The Morgan fingerprint density at radius 2 is 1.57 bits per heavy atom. The molecule has 13 nitrogen and oxygen atoms in total. The van der Waals surface area contributed by atoms with Crippen LogP contribution in [-0.2, 0) is 30.3 Å². The van der Waals surface area contributed by atoms with Crippen LogP contribution in [0.15, 0.2) is 36.4 Å². The molecular formula is C27H27N3O10. The average Bonchev–Trinajstić information content (AvgIpc) is 3.46. The van der Waals surface area contributed by atoms with Gasteiger partial charge < -0.3 is 19.1 Å².